The fourth-order valence-corrected chi connectivity index (χ4v) is 6.57. The van der Waals surface area contributed by atoms with Crippen LogP contribution in [0.2, 0.25) is 0 Å². The van der Waals surface area contributed by atoms with Gasteiger partial charge in [0.05, 0.1) is 17.9 Å². The van der Waals surface area contributed by atoms with E-state index in [1.54, 1.807) is 0 Å². The van der Waals surface area contributed by atoms with Crippen LogP contribution in [0.3, 0.4) is 0 Å². The van der Waals surface area contributed by atoms with Gasteiger partial charge >= 0.3 is 0 Å². The molecule has 3 atom stereocenters. The maximum absolute atomic E-state index is 12.5. The van der Waals surface area contributed by atoms with Crippen LogP contribution in [0.1, 0.15) is 194 Å². The van der Waals surface area contributed by atoms with E-state index in [9.17, 15) is 28.0 Å². The van der Waals surface area contributed by atoms with Crippen molar-refractivity contribution in [3.8, 4) is 0 Å². The molecule has 7 nitrogen and oxygen atoms in total. The molecule has 0 aromatic rings. The first-order valence-corrected chi connectivity index (χ1v) is 19.9. The lowest BCUT2D eigenvalue weighted by Gasteiger charge is -2.24. The summed E-state index contributed by atoms with van der Waals surface area (Å²) in [7, 11) is -4.39. The maximum atomic E-state index is 12.5. The summed E-state index contributed by atoms with van der Waals surface area (Å²) < 4.78 is 32.2. The van der Waals surface area contributed by atoms with Crippen LogP contribution in [0, 0.1) is 0 Å². The number of aliphatic hydroxyl groups is 2. The molecule has 0 heterocycles. The number of carbonyl (C=O) groups is 1. The highest BCUT2D eigenvalue weighted by Crippen LogP contribution is 2.16. The van der Waals surface area contributed by atoms with E-state index in [4.69, 9.17) is 0 Å². The van der Waals surface area contributed by atoms with Gasteiger partial charge in [-0.05, 0) is 12.8 Å². The molecule has 0 aromatic heterocycles. The Morgan fingerprint density at radius 3 is 1.16 bits per heavy atom. The second kappa shape index (κ2) is 30.0. The summed E-state index contributed by atoms with van der Waals surface area (Å²) >= 11 is 0. The lowest BCUT2D eigenvalue weighted by Crippen LogP contribution is -2.50. The number of rotatable bonds is 33. The largest absolute Gasteiger partial charge is 0.391 e. The average Bonchev–Trinajstić information content (AvgIpc) is 2.96. The molecule has 43 heavy (non-hydrogen) atoms. The van der Waals surface area contributed by atoms with E-state index in [-0.39, 0.29) is 0 Å². The van der Waals surface area contributed by atoms with Crippen molar-refractivity contribution in [2.24, 2.45) is 0 Å². The zero-order chi connectivity index (χ0) is 32.0. The van der Waals surface area contributed by atoms with Gasteiger partial charge in [-0.3, -0.25) is 9.35 Å². The molecule has 0 spiro atoms. The van der Waals surface area contributed by atoms with Crippen LogP contribution < -0.4 is 5.32 Å². The van der Waals surface area contributed by atoms with E-state index in [2.05, 4.69) is 19.2 Å². The van der Waals surface area contributed by atoms with Crippen molar-refractivity contribution < 1.29 is 28.0 Å². The second-order valence-electron chi connectivity index (χ2n) is 13.0. The SMILES string of the molecule is CCCCCCCCCCCCCCCCCCCCCC(O)C(=O)NC(CS(=O)(=O)O)C(O)CCCCCCCCC. The minimum Gasteiger partial charge on any atom is -0.391 e. The molecule has 0 radical (unpaired) electrons. The van der Waals surface area contributed by atoms with E-state index < -0.39 is 40.0 Å². The van der Waals surface area contributed by atoms with Crippen LogP contribution in [-0.2, 0) is 14.9 Å². The number of carbonyl (C=O) groups excluding carboxylic acids is 1. The van der Waals surface area contributed by atoms with Crippen LogP contribution in [0.4, 0.5) is 0 Å². The average molecular weight is 634 g/mol. The quantitative estimate of drug-likeness (QED) is 0.0422. The molecule has 258 valence electrons. The molecule has 0 aliphatic heterocycles. The highest BCUT2D eigenvalue weighted by molar-refractivity contribution is 7.85. The number of aliphatic hydroxyl groups excluding tert-OH is 2. The van der Waals surface area contributed by atoms with Crippen molar-refractivity contribution in [3.63, 3.8) is 0 Å². The van der Waals surface area contributed by atoms with E-state index in [1.165, 1.54) is 122 Å². The number of amides is 1. The third-order valence-corrected chi connectivity index (χ3v) is 9.45. The Morgan fingerprint density at radius 2 is 0.837 bits per heavy atom. The summed E-state index contributed by atoms with van der Waals surface area (Å²) in [6, 6.07) is -1.14. The number of nitrogens with one attached hydrogen (secondary N) is 1. The summed E-state index contributed by atoms with van der Waals surface area (Å²) in [5.41, 5.74) is 0. The van der Waals surface area contributed by atoms with Crippen molar-refractivity contribution in [1.82, 2.24) is 5.32 Å². The fraction of sp³-hybridized carbons (Fsp3) is 0.971. The van der Waals surface area contributed by atoms with Crippen molar-refractivity contribution in [3.05, 3.63) is 0 Å². The predicted molar refractivity (Wildman–Crippen MR) is 181 cm³/mol. The van der Waals surface area contributed by atoms with Gasteiger partial charge in [0.1, 0.15) is 6.10 Å². The zero-order valence-corrected chi connectivity index (χ0v) is 29.0. The first kappa shape index (κ1) is 42.3. The van der Waals surface area contributed by atoms with Crippen LogP contribution in [0.5, 0.6) is 0 Å². The Hall–Kier alpha value is -0.700. The lowest BCUT2D eigenvalue weighted by atomic mass is 10.0. The van der Waals surface area contributed by atoms with Gasteiger partial charge in [-0.2, -0.15) is 8.42 Å². The molecule has 1 amide bonds. The van der Waals surface area contributed by atoms with Crippen LogP contribution in [0.15, 0.2) is 0 Å². The number of hydrogen-bond donors (Lipinski definition) is 4. The normalized spacial score (nSPS) is 14.1. The van der Waals surface area contributed by atoms with Crippen LogP contribution in [0.25, 0.3) is 0 Å². The Morgan fingerprint density at radius 1 is 0.535 bits per heavy atom. The molecule has 0 bridgehead atoms. The van der Waals surface area contributed by atoms with E-state index in [1.807, 2.05) is 0 Å². The van der Waals surface area contributed by atoms with E-state index in [0.717, 1.165) is 38.5 Å². The van der Waals surface area contributed by atoms with Gasteiger partial charge in [-0.25, -0.2) is 0 Å². The van der Waals surface area contributed by atoms with Crippen LogP contribution >= 0.6 is 0 Å². The zero-order valence-electron chi connectivity index (χ0n) is 28.2. The Kier molecular flexibility index (Phi) is 29.5. The molecule has 4 N–H and O–H groups in total. The standard InChI is InChI=1S/C35H71NO6S/c1-3-5-7-9-11-12-13-14-15-16-17-18-19-20-21-22-24-26-28-30-34(38)35(39)36-32(31-43(40,41)42)33(37)29-27-25-23-10-8-6-4-2/h32-34,37-38H,3-31H2,1-2H3,(H,36,39)(H,40,41,42). The lowest BCUT2D eigenvalue weighted by molar-refractivity contribution is -0.131. The summed E-state index contributed by atoms with van der Waals surface area (Å²) in [5, 5.41) is 23.3. The first-order chi connectivity index (χ1) is 20.7. The topological polar surface area (TPSA) is 124 Å². The van der Waals surface area contributed by atoms with Crippen molar-refractivity contribution >= 4 is 16.0 Å². The Balaban J connectivity index is 3.87. The molecule has 0 fully saturated rings. The molecule has 0 aliphatic carbocycles. The molecule has 8 heteroatoms. The van der Waals surface area contributed by atoms with Crippen molar-refractivity contribution in [2.45, 2.75) is 212 Å². The monoisotopic (exact) mass is 634 g/mol. The second-order valence-corrected chi connectivity index (χ2v) is 14.5. The van der Waals surface area contributed by atoms with E-state index >= 15 is 0 Å². The molecule has 0 aromatic carbocycles. The van der Waals surface area contributed by atoms with Gasteiger partial charge < -0.3 is 15.5 Å². The van der Waals surface area contributed by atoms with Crippen molar-refractivity contribution in [1.29, 1.82) is 0 Å². The van der Waals surface area contributed by atoms with Crippen molar-refractivity contribution in [2.75, 3.05) is 5.75 Å². The Bertz CT molecular complexity index is 717. The molecule has 0 saturated carbocycles. The highest BCUT2D eigenvalue weighted by Gasteiger charge is 2.28. The number of unbranched alkanes of at least 4 members (excludes halogenated alkanes) is 24. The molecule has 0 rings (SSSR count). The minimum atomic E-state index is -4.39. The first-order valence-electron chi connectivity index (χ1n) is 18.3. The van der Waals surface area contributed by atoms with Crippen LogP contribution in [-0.4, -0.2) is 53.1 Å². The smallest absolute Gasteiger partial charge is 0.266 e. The Labute approximate surface area is 266 Å². The predicted octanol–water partition coefficient (Wildman–Crippen LogP) is 9.04. The fourth-order valence-electron chi connectivity index (χ4n) is 5.81. The molecule has 0 aliphatic rings. The van der Waals surface area contributed by atoms with E-state index in [0.29, 0.717) is 19.3 Å². The number of hydrogen-bond acceptors (Lipinski definition) is 5. The molecular weight excluding hydrogens is 562 g/mol. The minimum absolute atomic E-state index is 0.303. The third kappa shape index (κ3) is 29.8. The van der Waals surface area contributed by atoms with Gasteiger partial charge in [-0.15, -0.1) is 0 Å². The molecule has 3 unspecified atom stereocenters. The summed E-state index contributed by atoms with van der Waals surface area (Å²) in [5.74, 6) is -1.45. The summed E-state index contributed by atoms with van der Waals surface area (Å²) in [4.78, 5) is 12.5. The summed E-state index contributed by atoms with van der Waals surface area (Å²) in [6.45, 7) is 4.44. The van der Waals surface area contributed by atoms with Gasteiger partial charge in [0, 0.05) is 0 Å². The molecular formula is C35H71NO6S. The highest BCUT2D eigenvalue weighted by atomic mass is 32.2. The third-order valence-electron chi connectivity index (χ3n) is 8.67. The summed E-state index contributed by atoms with van der Waals surface area (Å²) in [6.07, 6.45) is 30.1. The van der Waals surface area contributed by atoms with Gasteiger partial charge in [-0.1, -0.05) is 181 Å². The van der Waals surface area contributed by atoms with Gasteiger partial charge in [0.15, 0.2) is 0 Å². The van der Waals surface area contributed by atoms with Gasteiger partial charge in [0.25, 0.3) is 10.1 Å². The maximum Gasteiger partial charge on any atom is 0.266 e. The molecule has 0 saturated heterocycles. The van der Waals surface area contributed by atoms with Gasteiger partial charge in [0.2, 0.25) is 5.91 Å².